The van der Waals surface area contributed by atoms with Gasteiger partial charge < -0.3 is 34.1 Å². The first-order chi connectivity index (χ1) is 29.8. The number of piperidine rings is 2. The van der Waals surface area contributed by atoms with Gasteiger partial charge in [0.05, 0.1) is 54.3 Å². The van der Waals surface area contributed by atoms with Crippen molar-refractivity contribution in [1.29, 1.82) is 5.26 Å². The monoisotopic (exact) mass is 860 g/mol. The van der Waals surface area contributed by atoms with E-state index in [0.717, 1.165) is 13.0 Å². The minimum absolute atomic E-state index is 0.0215. The number of benzene rings is 2. The van der Waals surface area contributed by atoms with Crippen LogP contribution >= 0.6 is 0 Å². The van der Waals surface area contributed by atoms with Crippen LogP contribution in [0.4, 0.5) is 33.0 Å². The van der Waals surface area contributed by atoms with E-state index < -0.39 is 52.8 Å². The van der Waals surface area contributed by atoms with E-state index in [4.69, 9.17) is 23.9 Å². The van der Waals surface area contributed by atoms with Crippen molar-refractivity contribution in [1.82, 2.24) is 30.1 Å². The van der Waals surface area contributed by atoms with Crippen molar-refractivity contribution in [2.45, 2.75) is 93.7 Å². The fourth-order valence-corrected chi connectivity index (χ4v) is 10.4. The molecule has 328 valence electrons. The second-order valence-electron chi connectivity index (χ2n) is 17.7. The largest absolute Gasteiger partial charge is 0.461 e. The predicted octanol–water partition coefficient (Wildman–Crippen LogP) is 6.95. The molecule has 2 aromatic heterocycles. The first-order valence-electron chi connectivity index (χ1n) is 21.2. The van der Waals surface area contributed by atoms with Crippen molar-refractivity contribution in [3.8, 4) is 29.1 Å². The number of nitriles is 1. The first-order valence-corrected chi connectivity index (χ1v) is 21.2. The number of pyridine rings is 1. The van der Waals surface area contributed by atoms with E-state index in [-0.39, 0.29) is 122 Å². The van der Waals surface area contributed by atoms with Crippen LogP contribution in [0, 0.1) is 23.0 Å². The van der Waals surface area contributed by atoms with Crippen molar-refractivity contribution < 1.29 is 46.1 Å². The molecule has 2 amide bonds. The average Bonchev–Trinajstić information content (AvgIpc) is 3.77. The summed E-state index contributed by atoms with van der Waals surface area (Å²) in [5, 5.41) is 13.1. The van der Waals surface area contributed by atoms with Crippen molar-refractivity contribution in [2.75, 3.05) is 64.5 Å². The number of anilines is 1. The molecule has 1 unspecified atom stereocenters. The Morgan fingerprint density at radius 1 is 1.06 bits per heavy atom. The van der Waals surface area contributed by atoms with Crippen LogP contribution in [0.5, 0.6) is 11.8 Å². The van der Waals surface area contributed by atoms with Crippen LogP contribution in [0.2, 0.25) is 0 Å². The van der Waals surface area contributed by atoms with Gasteiger partial charge in [0.25, 0.3) is 0 Å². The zero-order valence-electron chi connectivity index (χ0n) is 34.7. The molecule has 0 aliphatic carbocycles. The Morgan fingerprint density at radius 3 is 2.71 bits per heavy atom. The Hall–Kier alpha value is -5.54. The Morgan fingerprint density at radius 2 is 1.89 bits per heavy atom. The normalized spacial score (nSPS) is 27.8. The number of likely N-dealkylation sites (tertiary alicyclic amines) is 1. The SMILES string of the molecule is COC1(CC#N)CCCN(C(=O)Oc2cc3c4c(c(F)ccc4c2)CCCOC(=O)N[C@]2(C)C[C@@H](F)CN(C2)c2nc(OC[C@@]45CCCN4C[C@H](F)C5)nc4c(F)c-3ncc24)C1. The van der Waals surface area contributed by atoms with Gasteiger partial charge in [-0.25, -0.2) is 27.2 Å². The third-order valence-electron chi connectivity index (χ3n) is 13.2. The van der Waals surface area contributed by atoms with Gasteiger partial charge in [-0.05, 0) is 86.5 Å². The molecule has 6 bridgehead atoms. The van der Waals surface area contributed by atoms with Gasteiger partial charge in [-0.15, -0.1) is 0 Å². The Balaban J connectivity index is 1.19. The van der Waals surface area contributed by atoms with Gasteiger partial charge in [0.1, 0.15) is 47.5 Å². The number of hydrogen-bond acceptors (Lipinski definition) is 12. The number of fused-ring (bicyclic) bond motifs is 7. The highest BCUT2D eigenvalue weighted by molar-refractivity contribution is 6.02. The molecule has 18 heteroatoms. The highest BCUT2D eigenvalue weighted by Crippen LogP contribution is 2.43. The van der Waals surface area contributed by atoms with E-state index in [9.17, 15) is 19.2 Å². The third kappa shape index (κ3) is 7.78. The number of carbonyl (C=O) groups excluding carboxylic acids is 2. The number of nitrogens with zero attached hydrogens (tertiary/aromatic N) is 7. The van der Waals surface area contributed by atoms with Crippen LogP contribution in [0.1, 0.15) is 63.9 Å². The highest BCUT2D eigenvalue weighted by Gasteiger charge is 2.49. The summed E-state index contributed by atoms with van der Waals surface area (Å²) >= 11 is 0. The lowest BCUT2D eigenvalue weighted by molar-refractivity contribution is -0.0545. The standard InChI is InChI=1S/C44H48F4N8O6/c1-42-18-27(45)21-55(23-42)38-32-20-50-36(35(48)37(32)51-39(52-38)61-25-43-9-4-14-56(43)22-28(46)19-43)31-17-29(62-41(58)54-13-5-10-44(24-54,59-2)11-12-49)16-26-7-8-33(47)30(34(26)31)6-3-15-60-40(57)53-42/h7-8,16-17,20,27-28H,3-6,9-11,13-15,18-19,21-25H2,1-2H3,(H,53,57)/t27-,28-,42-,43+,44?/m1/s1. The average molecular weight is 861 g/mol. The fraction of sp³-hybridized carbons (Fsp3) is 0.545. The molecular weight excluding hydrogens is 813 g/mol. The number of aromatic nitrogens is 3. The number of alkyl halides is 2. The maximum absolute atomic E-state index is 17.7. The van der Waals surface area contributed by atoms with E-state index in [0.29, 0.717) is 31.2 Å². The molecule has 4 saturated heterocycles. The van der Waals surface area contributed by atoms with Gasteiger partial charge in [-0.1, -0.05) is 6.07 Å². The van der Waals surface area contributed by atoms with E-state index >= 15 is 13.2 Å². The van der Waals surface area contributed by atoms with E-state index in [1.54, 1.807) is 17.9 Å². The predicted molar refractivity (Wildman–Crippen MR) is 218 cm³/mol. The lowest BCUT2D eigenvalue weighted by atomic mass is 9.90. The Bertz CT molecular complexity index is 2480. The molecule has 62 heavy (non-hydrogen) atoms. The number of halogens is 4. The zero-order valence-corrected chi connectivity index (χ0v) is 34.7. The second kappa shape index (κ2) is 16.3. The molecule has 10 rings (SSSR count). The number of methoxy groups -OCH3 is 1. The van der Waals surface area contributed by atoms with Gasteiger partial charge in [-0.3, -0.25) is 9.88 Å². The number of rotatable bonds is 6. The summed E-state index contributed by atoms with van der Waals surface area (Å²) in [5.41, 5.74) is -2.78. The summed E-state index contributed by atoms with van der Waals surface area (Å²) in [6.07, 6.45) is 0.660. The molecule has 0 radical (unpaired) electrons. The maximum Gasteiger partial charge on any atom is 0.415 e. The number of aryl methyl sites for hydroxylation is 1. The van der Waals surface area contributed by atoms with Gasteiger partial charge in [0.2, 0.25) is 0 Å². The minimum atomic E-state index is -1.44. The lowest BCUT2D eigenvalue weighted by Crippen LogP contribution is -2.60. The van der Waals surface area contributed by atoms with Crippen LogP contribution in [-0.2, 0) is 15.9 Å². The molecule has 0 saturated carbocycles. The molecule has 1 N–H and O–H groups in total. The number of amides is 2. The molecule has 6 aliphatic heterocycles. The number of ether oxygens (including phenoxy) is 4. The summed E-state index contributed by atoms with van der Waals surface area (Å²) in [5.74, 6) is -1.39. The van der Waals surface area contributed by atoms with Crippen LogP contribution < -0.4 is 19.7 Å². The first kappa shape index (κ1) is 41.8. The highest BCUT2D eigenvalue weighted by atomic mass is 19.1. The summed E-state index contributed by atoms with van der Waals surface area (Å²) < 4.78 is 87.6. The van der Waals surface area contributed by atoms with Crippen LogP contribution in [-0.4, -0.2) is 126 Å². The molecular formula is C44H48F4N8O6. The van der Waals surface area contributed by atoms with Gasteiger partial charge >= 0.3 is 18.2 Å². The number of hydrogen-bond donors (Lipinski definition) is 1. The van der Waals surface area contributed by atoms with Crippen molar-refractivity contribution in [3.05, 3.63) is 47.7 Å². The molecule has 4 aromatic rings. The lowest BCUT2D eigenvalue weighted by Gasteiger charge is -2.42. The van der Waals surface area contributed by atoms with Crippen molar-refractivity contribution in [3.63, 3.8) is 0 Å². The smallest absolute Gasteiger partial charge is 0.415 e. The molecule has 8 heterocycles. The minimum Gasteiger partial charge on any atom is -0.461 e. The topological polar surface area (TPSA) is 155 Å². The molecule has 6 aliphatic rings. The van der Waals surface area contributed by atoms with Crippen LogP contribution in [0.15, 0.2) is 30.5 Å². The van der Waals surface area contributed by atoms with Gasteiger partial charge in [0, 0.05) is 51.3 Å². The molecule has 5 atom stereocenters. The van der Waals surface area contributed by atoms with Crippen LogP contribution in [0.25, 0.3) is 32.9 Å². The molecule has 2 aromatic carbocycles. The fourth-order valence-electron chi connectivity index (χ4n) is 10.4. The van der Waals surface area contributed by atoms with Gasteiger partial charge in [-0.2, -0.15) is 15.2 Å². The number of alkyl carbamates (subject to hydrolysis) is 1. The van der Waals surface area contributed by atoms with E-state index in [1.165, 1.54) is 36.4 Å². The Labute approximate surface area is 355 Å². The maximum atomic E-state index is 17.7. The van der Waals surface area contributed by atoms with Crippen molar-refractivity contribution >= 4 is 39.7 Å². The summed E-state index contributed by atoms with van der Waals surface area (Å²) in [4.78, 5) is 45.9. The third-order valence-corrected chi connectivity index (χ3v) is 13.2. The molecule has 4 fully saturated rings. The summed E-state index contributed by atoms with van der Waals surface area (Å²) in [6.45, 7) is 2.99. The second-order valence-corrected chi connectivity index (χ2v) is 17.7. The number of carbonyl (C=O) groups is 2. The van der Waals surface area contributed by atoms with Gasteiger partial charge in [0.15, 0.2) is 5.82 Å². The Kier molecular flexibility index (Phi) is 11.0. The molecule has 14 nitrogen and oxygen atoms in total. The van der Waals surface area contributed by atoms with E-state index in [2.05, 4.69) is 26.3 Å². The zero-order chi connectivity index (χ0) is 43.4. The molecule has 0 spiro atoms. The summed E-state index contributed by atoms with van der Waals surface area (Å²) in [6, 6.07) is 7.66. The van der Waals surface area contributed by atoms with Crippen molar-refractivity contribution in [2.24, 2.45) is 0 Å². The van der Waals surface area contributed by atoms with Crippen LogP contribution in [0.3, 0.4) is 0 Å². The number of nitrogens with one attached hydrogen (secondary N) is 1. The summed E-state index contributed by atoms with van der Waals surface area (Å²) in [7, 11) is 1.50. The quantitative estimate of drug-likeness (QED) is 0.200. The van der Waals surface area contributed by atoms with E-state index in [1.807, 2.05) is 0 Å².